The fourth-order valence-corrected chi connectivity index (χ4v) is 3.98. The number of benzene rings is 2. The second kappa shape index (κ2) is 7.41. The number of halogens is 3. The molecule has 0 aliphatic rings. The molecule has 1 atom stereocenters. The third-order valence-corrected chi connectivity index (χ3v) is 5.41. The van der Waals surface area contributed by atoms with E-state index in [1.54, 1.807) is 32.0 Å². The Hall–Kier alpha value is -2.47. The van der Waals surface area contributed by atoms with Crippen molar-refractivity contribution >= 4 is 10.9 Å². The van der Waals surface area contributed by atoms with Crippen LogP contribution in [0.15, 0.2) is 48.5 Å². The van der Waals surface area contributed by atoms with Gasteiger partial charge in [-0.25, -0.2) is 0 Å². The lowest BCUT2D eigenvalue weighted by molar-refractivity contribution is -0.266. The van der Waals surface area contributed by atoms with Gasteiger partial charge in [-0.05, 0) is 42.3 Å². The monoisotopic (exact) mass is 405 g/mol. The van der Waals surface area contributed by atoms with Crippen LogP contribution in [0.4, 0.5) is 13.2 Å². The zero-order chi connectivity index (χ0) is 21.4. The van der Waals surface area contributed by atoms with Crippen LogP contribution in [0.1, 0.15) is 37.1 Å². The van der Waals surface area contributed by atoms with Gasteiger partial charge in [0.2, 0.25) is 0 Å². The van der Waals surface area contributed by atoms with Gasteiger partial charge in [-0.2, -0.15) is 13.2 Å². The van der Waals surface area contributed by atoms with Gasteiger partial charge in [0.05, 0.1) is 7.11 Å². The summed E-state index contributed by atoms with van der Waals surface area (Å²) in [5, 5.41) is 11.7. The van der Waals surface area contributed by atoms with Gasteiger partial charge in [0.25, 0.3) is 0 Å². The summed E-state index contributed by atoms with van der Waals surface area (Å²) < 4.78 is 47.6. The molecule has 3 rings (SSSR count). The number of aromatic nitrogens is 1. The number of nitrogens with one attached hydrogen (secondary N) is 1. The van der Waals surface area contributed by atoms with Crippen molar-refractivity contribution in [2.24, 2.45) is 0 Å². The molecule has 1 aromatic heterocycles. The van der Waals surface area contributed by atoms with Crippen LogP contribution in [-0.4, -0.2) is 29.0 Å². The van der Waals surface area contributed by atoms with Gasteiger partial charge in [-0.1, -0.05) is 49.7 Å². The van der Waals surface area contributed by atoms with E-state index in [1.807, 2.05) is 37.3 Å². The number of ether oxygens (including phenoxy) is 1. The lowest BCUT2D eigenvalue weighted by Crippen LogP contribution is -2.51. The van der Waals surface area contributed by atoms with Crippen LogP contribution in [0.3, 0.4) is 0 Å². The Balaban J connectivity index is 1.99. The highest BCUT2D eigenvalue weighted by Gasteiger charge is 2.56. The number of rotatable bonds is 6. The molecule has 1 heterocycles. The number of aromatic amines is 1. The Morgan fingerprint density at radius 3 is 2.34 bits per heavy atom. The topological polar surface area (TPSA) is 45.2 Å². The first kappa shape index (κ1) is 21.2. The molecular formula is C23H26F3NO2. The van der Waals surface area contributed by atoms with Crippen molar-refractivity contribution < 1.29 is 23.0 Å². The van der Waals surface area contributed by atoms with Crippen molar-refractivity contribution in [2.45, 2.75) is 50.8 Å². The number of H-pyrrole nitrogens is 1. The molecule has 6 heteroatoms. The molecule has 0 fully saturated rings. The second-order valence-corrected chi connectivity index (χ2v) is 8.35. The standard InChI is InChI=1S/C23H26F3NO2/c1-15-9-10-20(29-4)18(11-15)21(2,3)14-22(28,23(24,25)26)13-17-12-16-7-5-6-8-19(16)27-17/h5-12,27-28H,13-14H2,1-4H3. The number of aryl methyl sites for hydroxylation is 1. The van der Waals surface area contributed by atoms with Gasteiger partial charge in [-0.3, -0.25) is 0 Å². The normalized spacial score (nSPS) is 14.8. The molecule has 0 spiro atoms. The molecule has 0 radical (unpaired) electrons. The summed E-state index contributed by atoms with van der Waals surface area (Å²) in [7, 11) is 1.49. The lowest BCUT2D eigenvalue weighted by Gasteiger charge is -2.38. The first-order valence-electron chi connectivity index (χ1n) is 9.46. The molecule has 0 aliphatic carbocycles. The number of para-hydroxylation sites is 1. The minimum Gasteiger partial charge on any atom is -0.496 e. The molecule has 1 unspecified atom stereocenters. The Bertz CT molecular complexity index is 974. The zero-order valence-electron chi connectivity index (χ0n) is 17.0. The summed E-state index contributed by atoms with van der Waals surface area (Å²) in [4.78, 5) is 3.00. The van der Waals surface area contributed by atoms with Gasteiger partial charge in [0.1, 0.15) is 5.75 Å². The van der Waals surface area contributed by atoms with Crippen molar-refractivity contribution in [1.82, 2.24) is 4.98 Å². The van der Waals surface area contributed by atoms with Crippen molar-refractivity contribution in [3.63, 3.8) is 0 Å². The maximum absolute atomic E-state index is 14.1. The summed E-state index contributed by atoms with van der Waals surface area (Å²) >= 11 is 0. The number of hydrogen-bond acceptors (Lipinski definition) is 2. The maximum atomic E-state index is 14.1. The fraction of sp³-hybridized carbons (Fsp3) is 0.391. The molecule has 0 saturated carbocycles. The van der Waals surface area contributed by atoms with Crippen LogP contribution >= 0.6 is 0 Å². The highest BCUT2D eigenvalue weighted by molar-refractivity contribution is 5.80. The van der Waals surface area contributed by atoms with Crippen LogP contribution in [0, 0.1) is 6.92 Å². The Labute approximate surface area is 168 Å². The van der Waals surface area contributed by atoms with E-state index in [0.717, 1.165) is 16.5 Å². The molecule has 0 bridgehead atoms. The van der Waals surface area contributed by atoms with E-state index in [2.05, 4.69) is 4.98 Å². The summed E-state index contributed by atoms with van der Waals surface area (Å²) in [5.74, 6) is 0.510. The van der Waals surface area contributed by atoms with E-state index >= 15 is 0 Å². The van der Waals surface area contributed by atoms with Gasteiger partial charge in [0.15, 0.2) is 5.60 Å². The number of aliphatic hydroxyl groups is 1. The highest BCUT2D eigenvalue weighted by Crippen LogP contribution is 2.45. The predicted molar refractivity (Wildman–Crippen MR) is 108 cm³/mol. The van der Waals surface area contributed by atoms with E-state index in [1.165, 1.54) is 7.11 Å². The van der Waals surface area contributed by atoms with Crippen molar-refractivity contribution in [2.75, 3.05) is 7.11 Å². The Kier molecular flexibility index (Phi) is 5.43. The van der Waals surface area contributed by atoms with E-state index in [4.69, 9.17) is 4.74 Å². The van der Waals surface area contributed by atoms with Gasteiger partial charge < -0.3 is 14.8 Å². The summed E-state index contributed by atoms with van der Waals surface area (Å²) in [5.41, 5.74) is -1.23. The molecule has 0 aliphatic heterocycles. The summed E-state index contributed by atoms with van der Waals surface area (Å²) in [6.07, 6.45) is -5.85. The largest absolute Gasteiger partial charge is 0.496 e. The number of fused-ring (bicyclic) bond motifs is 1. The molecule has 3 nitrogen and oxygen atoms in total. The third kappa shape index (κ3) is 4.27. The highest BCUT2D eigenvalue weighted by atomic mass is 19.4. The minimum absolute atomic E-state index is 0.345. The van der Waals surface area contributed by atoms with E-state index in [0.29, 0.717) is 17.0 Å². The molecular weight excluding hydrogens is 379 g/mol. The van der Waals surface area contributed by atoms with Crippen molar-refractivity contribution in [1.29, 1.82) is 0 Å². The molecule has 3 aromatic rings. The molecule has 156 valence electrons. The molecule has 2 N–H and O–H groups in total. The number of alkyl halides is 3. The van der Waals surface area contributed by atoms with Crippen LogP contribution < -0.4 is 4.74 Å². The molecule has 0 saturated heterocycles. The van der Waals surface area contributed by atoms with Gasteiger partial charge >= 0.3 is 6.18 Å². The second-order valence-electron chi connectivity index (χ2n) is 8.35. The van der Waals surface area contributed by atoms with Gasteiger partial charge in [-0.15, -0.1) is 0 Å². The fourth-order valence-electron chi connectivity index (χ4n) is 3.98. The van der Waals surface area contributed by atoms with Crippen LogP contribution in [0.5, 0.6) is 5.75 Å². The summed E-state index contributed by atoms with van der Waals surface area (Å²) in [6.45, 7) is 5.28. The quantitative estimate of drug-likeness (QED) is 0.553. The zero-order valence-corrected chi connectivity index (χ0v) is 17.0. The average molecular weight is 405 g/mol. The Morgan fingerprint density at radius 1 is 1.03 bits per heavy atom. The molecule has 0 amide bonds. The van der Waals surface area contributed by atoms with Crippen LogP contribution in [-0.2, 0) is 11.8 Å². The lowest BCUT2D eigenvalue weighted by atomic mass is 9.73. The van der Waals surface area contributed by atoms with Crippen molar-refractivity contribution in [3.8, 4) is 5.75 Å². The first-order valence-corrected chi connectivity index (χ1v) is 9.46. The smallest absolute Gasteiger partial charge is 0.417 e. The van der Waals surface area contributed by atoms with Gasteiger partial charge in [0, 0.05) is 23.2 Å². The third-order valence-electron chi connectivity index (χ3n) is 5.41. The first-order chi connectivity index (χ1) is 13.4. The van der Waals surface area contributed by atoms with E-state index < -0.39 is 30.0 Å². The number of hydrogen-bond donors (Lipinski definition) is 2. The van der Waals surface area contributed by atoms with E-state index in [-0.39, 0.29) is 0 Å². The average Bonchev–Trinajstić information content (AvgIpc) is 3.02. The van der Waals surface area contributed by atoms with Crippen molar-refractivity contribution in [3.05, 3.63) is 65.4 Å². The van der Waals surface area contributed by atoms with E-state index in [9.17, 15) is 18.3 Å². The maximum Gasteiger partial charge on any atom is 0.417 e. The predicted octanol–water partition coefficient (Wildman–Crippen LogP) is 5.69. The van der Waals surface area contributed by atoms with Crippen LogP contribution in [0.25, 0.3) is 10.9 Å². The molecule has 2 aromatic carbocycles. The number of methoxy groups -OCH3 is 1. The Morgan fingerprint density at radius 2 is 1.72 bits per heavy atom. The molecule has 29 heavy (non-hydrogen) atoms. The van der Waals surface area contributed by atoms with Crippen LogP contribution in [0.2, 0.25) is 0 Å². The summed E-state index contributed by atoms with van der Waals surface area (Å²) in [6, 6.07) is 14.3. The minimum atomic E-state index is -4.79. The SMILES string of the molecule is COc1ccc(C)cc1C(C)(C)CC(O)(Cc1cc2ccccc2[nH]1)C(F)(F)F.